The molecule has 0 heterocycles. The van der Waals surface area contributed by atoms with Gasteiger partial charge < -0.3 is 9.47 Å². The Labute approximate surface area is 110 Å². The molecule has 0 N–H and O–H groups in total. The van der Waals surface area contributed by atoms with Crippen molar-refractivity contribution >= 4 is 17.9 Å². The third-order valence-corrected chi connectivity index (χ3v) is 2.14. The summed E-state index contributed by atoms with van der Waals surface area (Å²) in [6.07, 6.45) is 2.57. The van der Waals surface area contributed by atoms with Gasteiger partial charge in [0.25, 0.3) is 0 Å². The second-order valence-corrected chi connectivity index (χ2v) is 3.47. The maximum absolute atomic E-state index is 11.8. The summed E-state index contributed by atoms with van der Waals surface area (Å²) in [6.45, 7) is 3.48. The minimum absolute atomic E-state index is 0.00111. The Kier molecular flexibility index (Phi) is 5.47. The molecule has 0 saturated carbocycles. The third-order valence-electron chi connectivity index (χ3n) is 2.14. The van der Waals surface area contributed by atoms with E-state index in [1.54, 1.807) is 26.0 Å². The van der Waals surface area contributed by atoms with Gasteiger partial charge in [-0.15, -0.1) is 0 Å². The van der Waals surface area contributed by atoms with Crippen LogP contribution in [0.4, 0.5) is 0 Å². The van der Waals surface area contributed by atoms with Gasteiger partial charge in [0.2, 0.25) is 0 Å². The van der Waals surface area contributed by atoms with E-state index in [0.29, 0.717) is 0 Å². The van der Waals surface area contributed by atoms with Crippen molar-refractivity contribution in [3.63, 3.8) is 0 Å². The molecule has 0 amide bonds. The van der Waals surface area contributed by atoms with E-state index in [9.17, 15) is 14.4 Å². The van der Waals surface area contributed by atoms with Crippen molar-refractivity contribution < 1.29 is 23.9 Å². The number of carbonyl (C=O) groups is 3. The fourth-order valence-electron chi connectivity index (χ4n) is 1.36. The second-order valence-electron chi connectivity index (χ2n) is 3.47. The van der Waals surface area contributed by atoms with E-state index in [1.807, 2.05) is 0 Å². The molecule has 0 aliphatic heterocycles. The van der Waals surface area contributed by atoms with Gasteiger partial charge >= 0.3 is 17.9 Å². The van der Waals surface area contributed by atoms with E-state index in [1.165, 1.54) is 18.2 Å². The number of hydrogen-bond donors (Lipinski definition) is 0. The fraction of sp³-hybridized carbons (Fsp3) is 0.214. The highest BCUT2D eigenvalue weighted by Gasteiger charge is 2.20. The largest absolute Gasteiger partial charge is 0.462 e. The van der Waals surface area contributed by atoms with Crippen LogP contribution in [0.2, 0.25) is 0 Å². The van der Waals surface area contributed by atoms with Gasteiger partial charge in [-0.25, -0.2) is 14.4 Å². The Bertz CT molecular complexity index is 516. The molecule has 1 aromatic carbocycles. The van der Waals surface area contributed by atoms with Gasteiger partial charge in [-0.1, -0.05) is 18.2 Å². The number of allylic oxidation sites excluding steroid dienone is 1. The van der Waals surface area contributed by atoms with Crippen molar-refractivity contribution in [1.29, 1.82) is 0 Å². The van der Waals surface area contributed by atoms with Crippen LogP contribution in [0.5, 0.6) is 0 Å². The predicted octanol–water partition coefficient (Wildman–Crippen LogP) is 2.12. The molecule has 5 heteroatoms. The molecule has 0 bridgehead atoms. The summed E-state index contributed by atoms with van der Waals surface area (Å²) in [5.41, 5.74) is 0.0708. The smallest absolute Gasteiger partial charge is 0.346 e. The van der Waals surface area contributed by atoms with Crippen molar-refractivity contribution in [3.8, 4) is 0 Å². The molecule has 0 aliphatic rings. The molecule has 0 radical (unpaired) electrons. The lowest BCUT2D eigenvalue weighted by Crippen LogP contribution is -2.16. The lowest BCUT2D eigenvalue weighted by Gasteiger charge is -2.06. The SMILES string of the molecule is CC=CC(=O)OC(=O)c1ccccc1C(=O)OCC. The van der Waals surface area contributed by atoms with Gasteiger partial charge in [-0.05, 0) is 26.0 Å². The molecule has 0 aromatic heterocycles. The first kappa shape index (κ1) is 14.6. The Morgan fingerprint density at radius 1 is 1.11 bits per heavy atom. The average molecular weight is 262 g/mol. The predicted molar refractivity (Wildman–Crippen MR) is 67.6 cm³/mol. The summed E-state index contributed by atoms with van der Waals surface area (Å²) < 4.78 is 9.40. The maximum atomic E-state index is 11.8. The average Bonchev–Trinajstić information content (AvgIpc) is 2.39. The molecule has 100 valence electrons. The molecular formula is C14H14O5. The Morgan fingerprint density at radius 2 is 1.68 bits per heavy atom. The number of esters is 3. The van der Waals surface area contributed by atoms with E-state index in [0.717, 1.165) is 6.08 Å². The second kappa shape index (κ2) is 7.10. The summed E-state index contributed by atoms with van der Waals surface area (Å²) in [7, 11) is 0. The van der Waals surface area contributed by atoms with Crippen molar-refractivity contribution in [2.45, 2.75) is 13.8 Å². The van der Waals surface area contributed by atoms with Gasteiger partial charge in [0.15, 0.2) is 0 Å². The maximum Gasteiger partial charge on any atom is 0.346 e. The van der Waals surface area contributed by atoms with E-state index in [4.69, 9.17) is 4.74 Å². The van der Waals surface area contributed by atoms with Crippen molar-refractivity contribution in [3.05, 3.63) is 47.5 Å². The standard InChI is InChI=1S/C14H14O5/c1-3-7-12(15)19-14(17)11-9-6-5-8-10(11)13(16)18-4-2/h3,5-9H,4H2,1-2H3. The monoisotopic (exact) mass is 262 g/mol. The molecule has 5 nitrogen and oxygen atoms in total. The molecule has 1 aromatic rings. The Hall–Kier alpha value is -2.43. The van der Waals surface area contributed by atoms with Crippen LogP contribution >= 0.6 is 0 Å². The van der Waals surface area contributed by atoms with Gasteiger partial charge in [0, 0.05) is 6.08 Å². The van der Waals surface area contributed by atoms with E-state index >= 15 is 0 Å². The minimum Gasteiger partial charge on any atom is -0.462 e. The Morgan fingerprint density at radius 3 is 2.21 bits per heavy atom. The molecular weight excluding hydrogens is 248 g/mol. The molecule has 1 rings (SSSR count). The van der Waals surface area contributed by atoms with Crippen LogP contribution in [0.3, 0.4) is 0 Å². The summed E-state index contributed by atoms with van der Waals surface area (Å²) in [5, 5.41) is 0. The summed E-state index contributed by atoms with van der Waals surface area (Å²) in [4.78, 5) is 34.6. The van der Waals surface area contributed by atoms with Gasteiger partial charge in [-0.2, -0.15) is 0 Å². The van der Waals surface area contributed by atoms with Crippen LogP contribution in [-0.4, -0.2) is 24.5 Å². The van der Waals surface area contributed by atoms with E-state index in [2.05, 4.69) is 4.74 Å². The van der Waals surface area contributed by atoms with Crippen LogP contribution in [0.25, 0.3) is 0 Å². The zero-order valence-electron chi connectivity index (χ0n) is 10.7. The summed E-state index contributed by atoms with van der Waals surface area (Å²) in [5.74, 6) is -2.30. The lowest BCUT2D eigenvalue weighted by atomic mass is 10.1. The van der Waals surface area contributed by atoms with Crippen LogP contribution in [-0.2, 0) is 14.3 Å². The Balaban J connectivity index is 2.97. The summed E-state index contributed by atoms with van der Waals surface area (Å²) >= 11 is 0. The third kappa shape index (κ3) is 4.06. The van der Waals surface area contributed by atoms with Gasteiger partial charge in [-0.3, -0.25) is 0 Å². The number of carbonyl (C=O) groups excluding carboxylic acids is 3. The first-order valence-electron chi connectivity index (χ1n) is 5.75. The molecule has 19 heavy (non-hydrogen) atoms. The quantitative estimate of drug-likeness (QED) is 0.472. The lowest BCUT2D eigenvalue weighted by molar-refractivity contribution is -0.132. The summed E-state index contributed by atoms with van der Waals surface area (Å²) in [6, 6.07) is 6.00. The number of hydrogen-bond acceptors (Lipinski definition) is 5. The van der Waals surface area contributed by atoms with Crippen molar-refractivity contribution in [1.82, 2.24) is 0 Å². The highest BCUT2D eigenvalue weighted by atomic mass is 16.6. The van der Waals surface area contributed by atoms with E-state index < -0.39 is 17.9 Å². The van der Waals surface area contributed by atoms with Gasteiger partial charge in [0.05, 0.1) is 17.7 Å². The van der Waals surface area contributed by atoms with Crippen LogP contribution in [0, 0.1) is 0 Å². The topological polar surface area (TPSA) is 69.7 Å². The van der Waals surface area contributed by atoms with Gasteiger partial charge in [0.1, 0.15) is 0 Å². The first-order valence-corrected chi connectivity index (χ1v) is 5.75. The normalized spacial score (nSPS) is 10.2. The molecule has 0 atom stereocenters. The minimum atomic E-state index is -0.883. The van der Waals surface area contributed by atoms with Crippen LogP contribution in [0.1, 0.15) is 34.6 Å². The zero-order valence-corrected chi connectivity index (χ0v) is 10.7. The number of rotatable bonds is 4. The molecule has 0 unspecified atom stereocenters. The molecule has 0 saturated heterocycles. The highest BCUT2D eigenvalue weighted by Crippen LogP contribution is 2.12. The van der Waals surface area contributed by atoms with Crippen molar-refractivity contribution in [2.75, 3.05) is 6.61 Å². The number of ether oxygens (including phenoxy) is 2. The molecule has 0 spiro atoms. The zero-order chi connectivity index (χ0) is 14.3. The van der Waals surface area contributed by atoms with Crippen LogP contribution in [0.15, 0.2) is 36.4 Å². The number of benzene rings is 1. The van der Waals surface area contributed by atoms with Crippen molar-refractivity contribution in [2.24, 2.45) is 0 Å². The van der Waals surface area contributed by atoms with Crippen LogP contribution < -0.4 is 0 Å². The highest BCUT2D eigenvalue weighted by molar-refractivity contribution is 6.06. The fourth-order valence-corrected chi connectivity index (χ4v) is 1.36. The first-order chi connectivity index (χ1) is 9.10. The van der Waals surface area contributed by atoms with E-state index in [-0.39, 0.29) is 17.7 Å². The molecule has 0 fully saturated rings. The molecule has 0 aliphatic carbocycles.